The topological polar surface area (TPSA) is 55.4 Å². The lowest BCUT2D eigenvalue weighted by Crippen LogP contribution is -1.97. The van der Waals surface area contributed by atoms with Crippen molar-refractivity contribution in [3.05, 3.63) is 23.8 Å². The first-order chi connectivity index (χ1) is 4.93. The molecule has 62 valence electrons. The molecule has 0 aromatic heterocycles. The van der Waals surface area contributed by atoms with E-state index in [1.165, 1.54) is 6.08 Å². The molecular formula is C7H13N2OP. The highest BCUT2D eigenvalue weighted by molar-refractivity contribution is 7.66. The van der Waals surface area contributed by atoms with Gasteiger partial charge in [0.25, 0.3) is 0 Å². The Hall–Kier alpha value is -0.820. The maximum absolute atomic E-state index is 11.4. The Morgan fingerprint density at radius 2 is 2.09 bits per heavy atom. The quantitative estimate of drug-likeness (QED) is 0.399. The highest BCUT2D eigenvalue weighted by Gasteiger charge is 2.14. The van der Waals surface area contributed by atoms with Gasteiger partial charge in [0, 0.05) is 0 Å². The molecule has 0 aliphatic rings. The second kappa shape index (κ2) is 3.54. The fraction of sp³-hybridized carbons (Fsp3) is 0.286. The van der Waals surface area contributed by atoms with Crippen molar-refractivity contribution in [1.29, 1.82) is 0 Å². The summed E-state index contributed by atoms with van der Waals surface area (Å²) in [6, 6.07) is 0. The number of nitrogens with zero attached hydrogens (tertiary/aromatic N) is 1. The van der Waals surface area contributed by atoms with Gasteiger partial charge in [-0.1, -0.05) is 12.7 Å². The van der Waals surface area contributed by atoms with E-state index in [1.54, 1.807) is 13.3 Å². The van der Waals surface area contributed by atoms with Crippen molar-refractivity contribution in [2.75, 3.05) is 13.3 Å². The van der Waals surface area contributed by atoms with Gasteiger partial charge in [-0.15, -0.1) is 0 Å². The fourth-order valence-electron chi connectivity index (χ4n) is 0.681. The summed E-state index contributed by atoms with van der Waals surface area (Å²) >= 11 is 0. The summed E-state index contributed by atoms with van der Waals surface area (Å²) in [5.41, 5.74) is 5.42. The summed E-state index contributed by atoms with van der Waals surface area (Å²) in [5, 5.41) is 0.493. The van der Waals surface area contributed by atoms with Crippen LogP contribution in [0.25, 0.3) is 0 Å². The van der Waals surface area contributed by atoms with Gasteiger partial charge in [-0.25, -0.2) is 4.99 Å². The molecular weight excluding hydrogens is 159 g/mol. The van der Waals surface area contributed by atoms with Gasteiger partial charge >= 0.3 is 0 Å². The number of rotatable bonds is 3. The van der Waals surface area contributed by atoms with E-state index in [4.69, 9.17) is 5.73 Å². The molecule has 0 fully saturated rings. The minimum Gasteiger partial charge on any atom is -0.383 e. The van der Waals surface area contributed by atoms with Crippen molar-refractivity contribution >= 4 is 13.9 Å². The Labute approximate surface area is 67.1 Å². The third kappa shape index (κ3) is 2.72. The van der Waals surface area contributed by atoms with Crippen molar-refractivity contribution in [3.63, 3.8) is 0 Å². The van der Waals surface area contributed by atoms with Crippen LogP contribution >= 0.6 is 7.14 Å². The van der Waals surface area contributed by atoms with Gasteiger partial charge in [0.15, 0.2) is 0 Å². The van der Waals surface area contributed by atoms with Crippen LogP contribution in [0.5, 0.6) is 0 Å². The van der Waals surface area contributed by atoms with Crippen LogP contribution in [0, 0.1) is 0 Å². The van der Waals surface area contributed by atoms with Crippen molar-refractivity contribution in [1.82, 2.24) is 0 Å². The molecule has 0 spiro atoms. The first-order valence-corrected chi connectivity index (χ1v) is 5.68. The standard InChI is InChI=1S/C7H13N2OP/c1-5-6(7(8)9-2)11(3,4)10/h5H,1-2,8H2,3-4H3/b7-6+. The number of hydrogen-bond acceptors (Lipinski definition) is 3. The summed E-state index contributed by atoms with van der Waals surface area (Å²) in [5.74, 6) is 0.202. The van der Waals surface area contributed by atoms with Gasteiger partial charge in [-0.05, 0) is 20.0 Å². The molecule has 4 heteroatoms. The van der Waals surface area contributed by atoms with Crippen molar-refractivity contribution in [2.45, 2.75) is 0 Å². The van der Waals surface area contributed by atoms with Crippen LogP contribution in [0.15, 0.2) is 28.8 Å². The minimum atomic E-state index is -2.35. The van der Waals surface area contributed by atoms with Gasteiger partial charge in [0.2, 0.25) is 0 Å². The summed E-state index contributed by atoms with van der Waals surface area (Å²) in [7, 11) is -2.35. The largest absolute Gasteiger partial charge is 0.383 e. The lowest BCUT2D eigenvalue weighted by Gasteiger charge is -2.08. The lowest BCUT2D eigenvalue weighted by molar-refractivity contribution is 0.586. The van der Waals surface area contributed by atoms with E-state index in [9.17, 15) is 4.57 Å². The molecule has 2 N–H and O–H groups in total. The minimum absolute atomic E-state index is 0.202. The Balaban J connectivity index is 5.13. The van der Waals surface area contributed by atoms with Crippen LogP contribution in [-0.2, 0) is 4.57 Å². The maximum atomic E-state index is 11.4. The molecule has 0 aromatic carbocycles. The molecule has 0 saturated carbocycles. The second-order valence-corrected chi connectivity index (χ2v) is 5.67. The molecule has 0 heterocycles. The van der Waals surface area contributed by atoms with Crippen LogP contribution < -0.4 is 5.73 Å². The first kappa shape index (κ1) is 10.2. The molecule has 0 aliphatic carbocycles. The molecule has 0 amide bonds. The smallest absolute Gasteiger partial charge is 0.133 e. The van der Waals surface area contributed by atoms with Crippen LogP contribution in [0.4, 0.5) is 0 Å². The van der Waals surface area contributed by atoms with Gasteiger partial charge in [0.1, 0.15) is 13.0 Å². The zero-order chi connectivity index (χ0) is 9.07. The zero-order valence-electron chi connectivity index (χ0n) is 6.87. The van der Waals surface area contributed by atoms with Crippen LogP contribution in [0.1, 0.15) is 0 Å². The van der Waals surface area contributed by atoms with E-state index in [2.05, 4.69) is 18.3 Å². The molecule has 0 bridgehead atoms. The summed E-state index contributed by atoms with van der Waals surface area (Å²) in [4.78, 5) is 3.49. The lowest BCUT2D eigenvalue weighted by atomic mass is 10.5. The third-order valence-electron chi connectivity index (χ3n) is 1.21. The fourth-order valence-corrected chi connectivity index (χ4v) is 1.74. The van der Waals surface area contributed by atoms with E-state index in [0.717, 1.165) is 0 Å². The first-order valence-electron chi connectivity index (χ1n) is 3.08. The number of aliphatic imine (C=N–C) groups is 1. The Morgan fingerprint density at radius 1 is 1.64 bits per heavy atom. The van der Waals surface area contributed by atoms with E-state index >= 15 is 0 Å². The Morgan fingerprint density at radius 3 is 2.18 bits per heavy atom. The van der Waals surface area contributed by atoms with Crippen LogP contribution in [-0.4, -0.2) is 20.0 Å². The molecule has 0 unspecified atom stereocenters. The predicted molar refractivity (Wildman–Crippen MR) is 50.4 cm³/mol. The molecule has 0 aromatic rings. The molecule has 11 heavy (non-hydrogen) atoms. The summed E-state index contributed by atoms with van der Waals surface area (Å²) in [6.45, 7) is 9.97. The molecule has 0 aliphatic heterocycles. The SMILES string of the molecule is C=C/C(=C(/N)N=C)P(C)(C)=O. The normalized spacial score (nSPS) is 13.6. The number of allylic oxidation sites excluding steroid dienone is 2. The molecule has 0 atom stereocenters. The highest BCUT2D eigenvalue weighted by Crippen LogP contribution is 2.47. The van der Waals surface area contributed by atoms with Gasteiger partial charge in [-0.3, -0.25) is 0 Å². The van der Waals surface area contributed by atoms with Crippen molar-refractivity contribution in [3.8, 4) is 0 Å². The molecule has 0 saturated heterocycles. The Bertz CT molecular complexity index is 249. The van der Waals surface area contributed by atoms with E-state index in [1.807, 2.05) is 0 Å². The van der Waals surface area contributed by atoms with Crippen LogP contribution in [0.2, 0.25) is 0 Å². The van der Waals surface area contributed by atoms with Gasteiger partial charge < -0.3 is 10.3 Å². The molecule has 0 radical (unpaired) electrons. The maximum Gasteiger partial charge on any atom is 0.133 e. The number of nitrogens with two attached hydrogens (primary N) is 1. The van der Waals surface area contributed by atoms with Gasteiger partial charge in [-0.2, -0.15) is 0 Å². The molecule has 3 nitrogen and oxygen atoms in total. The average molecular weight is 172 g/mol. The summed E-state index contributed by atoms with van der Waals surface area (Å²) < 4.78 is 11.4. The Kier molecular flexibility index (Phi) is 3.27. The average Bonchev–Trinajstić information content (AvgIpc) is 1.86. The van der Waals surface area contributed by atoms with Gasteiger partial charge in [0.05, 0.1) is 5.31 Å². The third-order valence-corrected chi connectivity index (χ3v) is 2.78. The van der Waals surface area contributed by atoms with Crippen molar-refractivity contribution < 1.29 is 4.57 Å². The van der Waals surface area contributed by atoms with E-state index in [0.29, 0.717) is 5.31 Å². The summed E-state index contributed by atoms with van der Waals surface area (Å²) in [6.07, 6.45) is 1.46. The molecule has 0 rings (SSSR count). The second-order valence-electron chi connectivity index (χ2n) is 2.48. The predicted octanol–water partition coefficient (Wildman–Crippen LogP) is 1.62. The van der Waals surface area contributed by atoms with E-state index in [-0.39, 0.29) is 5.82 Å². The van der Waals surface area contributed by atoms with E-state index < -0.39 is 7.14 Å². The zero-order valence-corrected chi connectivity index (χ0v) is 7.77. The monoisotopic (exact) mass is 172 g/mol. The highest BCUT2D eigenvalue weighted by atomic mass is 31.2. The van der Waals surface area contributed by atoms with Crippen LogP contribution in [0.3, 0.4) is 0 Å². The van der Waals surface area contributed by atoms with Crippen molar-refractivity contribution in [2.24, 2.45) is 10.7 Å². The number of hydrogen-bond donors (Lipinski definition) is 1.